The van der Waals surface area contributed by atoms with Crippen molar-refractivity contribution in [3.05, 3.63) is 30.3 Å². The Morgan fingerprint density at radius 3 is 2.37 bits per heavy atom. The molecule has 0 saturated heterocycles. The van der Waals surface area contributed by atoms with E-state index in [9.17, 15) is 9.59 Å². The number of nitrogens with zero attached hydrogens (tertiary/aromatic N) is 1. The number of likely N-dealkylation sites (N-methyl/N-ethyl adjacent to an activating group) is 1. The molecule has 0 aromatic heterocycles. The number of carbonyl (C=O) groups excluding carboxylic acids is 2. The number of benzene rings is 1. The van der Waals surface area contributed by atoms with E-state index in [0.29, 0.717) is 0 Å². The Morgan fingerprint density at radius 1 is 1.26 bits per heavy atom. The van der Waals surface area contributed by atoms with E-state index in [0.717, 1.165) is 5.69 Å². The zero-order valence-electron chi connectivity index (χ0n) is 11.4. The number of alkyl halides is 1. The molecule has 1 aromatic rings. The molecule has 0 aliphatic carbocycles. The second-order valence-corrected chi connectivity index (χ2v) is 5.74. The number of amides is 2. The quantitative estimate of drug-likeness (QED) is 0.845. The molecular formula is C14H19BrN2O2. The van der Waals surface area contributed by atoms with Crippen LogP contribution < -0.4 is 5.32 Å². The van der Waals surface area contributed by atoms with E-state index in [1.54, 1.807) is 19.2 Å². The minimum Gasteiger partial charge on any atom is -0.335 e. The highest BCUT2D eigenvalue weighted by molar-refractivity contribution is 9.10. The van der Waals surface area contributed by atoms with Gasteiger partial charge in [0.1, 0.15) is 0 Å². The summed E-state index contributed by atoms with van der Waals surface area (Å²) < 4.78 is 0. The summed E-state index contributed by atoms with van der Waals surface area (Å²) in [5.41, 5.74) is 0.729. The summed E-state index contributed by atoms with van der Waals surface area (Å²) in [6.45, 7) is 3.95. The second-order valence-electron chi connectivity index (χ2n) is 4.75. The fourth-order valence-corrected chi connectivity index (χ4v) is 1.86. The van der Waals surface area contributed by atoms with Crippen molar-refractivity contribution in [3.8, 4) is 0 Å². The summed E-state index contributed by atoms with van der Waals surface area (Å²) in [4.78, 5) is 24.9. The largest absolute Gasteiger partial charge is 0.335 e. The normalized spacial score (nSPS) is 12.1. The van der Waals surface area contributed by atoms with Crippen LogP contribution in [0.5, 0.6) is 0 Å². The van der Waals surface area contributed by atoms with Crippen LogP contribution in [0.3, 0.4) is 0 Å². The average Bonchev–Trinajstić information content (AvgIpc) is 2.37. The van der Waals surface area contributed by atoms with Gasteiger partial charge in [-0.05, 0) is 18.1 Å². The topological polar surface area (TPSA) is 49.4 Å². The molecule has 4 nitrogen and oxygen atoms in total. The molecule has 1 rings (SSSR count). The highest BCUT2D eigenvalue weighted by Crippen LogP contribution is 2.14. The lowest BCUT2D eigenvalue weighted by Gasteiger charge is -2.21. The summed E-state index contributed by atoms with van der Waals surface area (Å²) in [5, 5.41) is 2.75. The number of hydrogen-bond acceptors (Lipinski definition) is 2. The predicted octanol–water partition coefficient (Wildman–Crippen LogP) is 2.50. The second kappa shape index (κ2) is 7.28. The van der Waals surface area contributed by atoms with Crippen LogP contribution in [-0.4, -0.2) is 35.1 Å². The summed E-state index contributed by atoms with van der Waals surface area (Å²) in [7, 11) is 1.63. The van der Waals surface area contributed by atoms with Gasteiger partial charge in [-0.1, -0.05) is 48.0 Å². The molecule has 104 valence electrons. The lowest BCUT2D eigenvalue weighted by atomic mass is 10.1. The Labute approximate surface area is 122 Å². The smallest absolute Gasteiger partial charge is 0.243 e. The first-order valence-electron chi connectivity index (χ1n) is 6.15. The fourth-order valence-electron chi connectivity index (χ4n) is 1.51. The standard InChI is InChI=1S/C14H19BrN2O2/c1-10(2)13(15)14(19)17(3)9-12(18)16-11-7-5-4-6-8-11/h4-8,10,13H,9H2,1-3H3,(H,16,18). The molecule has 5 heteroatoms. The molecular weight excluding hydrogens is 308 g/mol. The lowest BCUT2D eigenvalue weighted by Crippen LogP contribution is -2.40. The monoisotopic (exact) mass is 326 g/mol. The van der Waals surface area contributed by atoms with Crippen molar-refractivity contribution in [2.75, 3.05) is 18.9 Å². The molecule has 0 aliphatic rings. The summed E-state index contributed by atoms with van der Waals surface area (Å²) in [6, 6.07) is 9.18. The maximum absolute atomic E-state index is 12.0. The van der Waals surface area contributed by atoms with Gasteiger partial charge in [-0.15, -0.1) is 0 Å². The van der Waals surface area contributed by atoms with E-state index in [2.05, 4.69) is 21.2 Å². The van der Waals surface area contributed by atoms with Crippen LogP contribution >= 0.6 is 15.9 Å². The molecule has 0 bridgehead atoms. The lowest BCUT2D eigenvalue weighted by molar-refractivity contribution is -0.133. The number of para-hydroxylation sites is 1. The molecule has 1 unspecified atom stereocenters. The average molecular weight is 327 g/mol. The molecule has 0 aliphatic heterocycles. The predicted molar refractivity (Wildman–Crippen MR) is 80.3 cm³/mol. The molecule has 0 saturated carbocycles. The van der Waals surface area contributed by atoms with Gasteiger partial charge in [-0.3, -0.25) is 9.59 Å². The first kappa shape index (κ1) is 15.7. The molecule has 1 aromatic carbocycles. The minimum atomic E-state index is -0.262. The van der Waals surface area contributed by atoms with E-state index in [1.165, 1.54) is 4.90 Å². The van der Waals surface area contributed by atoms with Gasteiger partial charge in [-0.2, -0.15) is 0 Å². The summed E-state index contributed by atoms with van der Waals surface area (Å²) in [6.07, 6.45) is 0. The van der Waals surface area contributed by atoms with Crippen LogP contribution in [0.15, 0.2) is 30.3 Å². The number of rotatable bonds is 5. The molecule has 1 N–H and O–H groups in total. The van der Waals surface area contributed by atoms with Crippen LogP contribution in [-0.2, 0) is 9.59 Å². The van der Waals surface area contributed by atoms with Crippen LogP contribution in [0.4, 0.5) is 5.69 Å². The zero-order valence-corrected chi connectivity index (χ0v) is 13.0. The van der Waals surface area contributed by atoms with Gasteiger partial charge in [0.05, 0.1) is 11.4 Å². The third-order valence-corrected chi connectivity index (χ3v) is 4.08. The first-order chi connectivity index (χ1) is 8.91. The Balaban J connectivity index is 2.50. The number of halogens is 1. The van der Waals surface area contributed by atoms with Crippen molar-refractivity contribution in [3.63, 3.8) is 0 Å². The van der Waals surface area contributed by atoms with Gasteiger partial charge in [0.2, 0.25) is 11.8 Å². The van der Waals surface area contributed by atoms with E-state index in [4.69, 9.17) is 0 Å². The summed E-state index contributed by atoms with van der Waals surface area (Å²) >= 11 is 3.34. The SMILES string of the molecule is CC(C)C(Br)C(=O)N(C)CC(=O)Nc1ccccc1. The fraction of sp³-hybridized carbons (Fsp3) is 0.429. The number of anilines is 1. The molecule has 2 amide bonds. The van der Waals surface area contributed by atoms with E-state index < -0.39 is 0 Å². The van der Waals surface area contributed by atoms with Crippen LogP contribution in [0, 0.1) is 5.92 Å². The molecule has 1 atom stereocenters. The van der Waals surface area contributed by atoms with E-state index >= 15 is 0 Å². The summed E-state index contributed by atoms with van der Waals surface area (Å²) in [5.74, 6) is -0.101. The number of carbonyl (C=O) groups is 2. The van der Waals surface area contributed by atoms with E-state index in [1.807, 2.05) is 32.0 Å². The van der Waals surface area contributed by atoms with Gasteiger partial charge in [0, 0.05) is 12.7 Å². The van der Waals surface area contributed by atoms with Gasteiger partial charge >= 0.3 is 0 Å². The van der Waals surface area contributed by atoms with Crippen molar-refractivity contribution < 1.29 is 9.59 Å². The van der Waals surface area contributed by atoms with Crippen molar-refractivity contribution in [1.82, 2.24) is 4.90 Å². The Kier molecular flexibility index (Phi) is 6.02. The van der Waals surface area contributed by atoms with Gasteiger partial charge in [-0.25, -0.2) is 0 Å². The van der Waals surface area contributed by atoms with Crippen LogP contribution in [0.1, 0.15) is 13.8 Å². The van der Waals surface area contributed by atoms with Gasteiger partial charge in [0.15, 0.2) is 0 Å². The first-order valence-corrected chi connectivity index (χ1v) is 7.07. The van der Waals surface area contributed by atoms with Gasteiger partial charge in [0.25, 0.3) is 0 Å². The molecule has 0 spiro atoms. The van der Waals surface area contributed by atoms with Crippen molar-refractivity contribution in [2.45, 2.75) is 18.7 Å². The van der Waals surface area contributed by atoms with E-state index in [-0.39, 0.29) is 29.1 Å². The highest BCUT2D eigenvalue weighted by atomic mass is 79.9. The van der Waals surface area contributed by atoms with Crippen LogP contribution in [0.25, 0.3) is 0 Å². The maximum atomic E-state index is 12.0. The van der Waals surface area contributed by atoms with Crippen molar-refractivity contribution in [1.29, 1.82) is 0 Å². The third-order valence-electron chi connectivity index (χ3n) is 2.64. The number of hydrogen-bond donors (Lipinski definition) is 1. The Hall–Kier alpha value is -1.36. The Morgan fingerprint density at radius 2 is 1.84 bits per heavy atom. The van der Waals surface area contributed by atoms with Crippen molar-refractivity contribution in [2.24, 2.45) is 5.92 Å². The van der Waals surface area contributed by atoms with Crippen molar-refractivity contribution >= 4 is 33.4 Å². The van der Waals surface area contributed by atoms with Gasteiger partial charge < -0.3 is 10.2 Å². The van der Waals surface area contributed by atoms with Crippen LogP contribution in [0.2, 0.25) is 0 Å². The zero-order chi connectivity index (χ0) is 14.4. The minimum absolute atomic E-state index is 0.0442. The Bertz CT molecular complexity index is 434. The molecule has 0 radical (unpaired) electrons. The third kappa shape index (κ3) is 5.03. The highest BCUT2D eigenvalue weighted by Gasteiger charge is 2.23. The number of nitrogens with one attached hydrogen (secondary N) is 1. The maximum Gasteiger partial charge on any atom is 0.243 e. The molecule has 0 heterocycles. The molecule has 19 heavy (non-hydrogen) atoms. The molecule has 0 fully saturated rings.